The van der Waals surface area contributed by atoms with E-state index < -0.39 is 18.3 Å². The second-order valence-corrected chi connectivity index (χ2v) is 7.17. The number of carbonyl (C=O) groups is 1. The molecule has 1 unspecified atom stereocenters. The van der Waals surface area contributed by atoms with Gasteiger partial charge in [0.25, 0.3) is 0 Å². The number of nitrogens with one attached hydrogen (secondary N) is 2. The molecular formula is C17H15Cl2F2N3O. The maximum Gasteiger partial charge on any atom is 0.246 e. The Balaban J connectivity index is 2.28. The second kappa shape index (κ2) is 6.47. The normalized spacial score (nSPS) is 17.8. The molecule has 2 aromatic rings. The topological polar surface area (TPSA) is 68.7 Å². The Hall–Kier alpha value is -1.84. The van der Waals surface area contributed by atoms with Crippen LogP contribution in [-0.4, -0.2) is 23.4 Å². The van der Waals surface area contributed by atoms with Gasteiger partial charge in [0.15, 0.2) is 0 Å². The number of fused-ring (bicyclic) bond motifs is 3. The fraction of sp³-hybridized carbons (Fsp3) is 0.412. The third-order valence-electron chi connectivity index (χ3n) is 4.35. The van der Waals surface area contributed by atoms with E-state index in [0.717, 1.165) is 6.92 Å². The van der Waals surface area contributed by atoms with Crippen molar-refractivity contribution in [1.82, 2.24) is 10.3 Å². The maximum atomic E-state index is 13.6. The van der Waals surface area contributed by atoms with Gasteiger partial charge in [0, 0.05) is 30.0 Å². The van der Waals surface area contributed by atoms with Crippen LogP contribution < -0.4 is 5.32 Å². The minimum atomic E-state index is -2.88. The molecule has 0 bridgehead atoms. The quantitative estimate of drug-likeness (QED) is 0.824. The van der Waals surface area contributed by atoms with E-state index >= 15 is 0 Å². The Morgan fingerprint density at radius 2 is 2.16 bits per heavy atom. The second-order valence-electron chi connectivity index (χ2n) is 6.39. The average Bonchev–Trinajstić information content (AvgIpc) is 2.81. The van der Waals surface area contributed by atoms with Gasteiger partial charge in [0.1, 0.15) is 0 Å². The summed E-state index contributed by atoms with van der Waals surface area (Å²) in [6.07, 6.45) is -0.294. The molecule has 0 saturated heterocycles. The Bertz CT molecular complexity index is 896. The molecule has 8 heteroatoms. The first-order valence-corrected chi connectivity index (χ1v) is 8.49. The highest BCUT2D eigenvalue weighted by atomic mass is 35.5. The van der Waals surface area contributed by atoms with Gasteiger partial charge in [-0.25, -0.2) is 8.78 Å². The first kappa shape index (κ1) is 18.0. The van der Waals surface area contributed by atoms with E-state index in [0.29, 0.717) is 27.7 Å². The van der Waals surface area contributed by atoms with Gasteiger partial charge in [-0.3, -0.25) is 4.79 Å². The van der Waals surface area contributed by atoms with Gasteiger partial charge in [-0.15, -0.1) is 0 Å². The lowest BCUT2D eigenvalue weighted by Gasteiger charge is -2.19. The summed E-state index contributed by atoms with van der Waals surface area (Å²) in [6, 6.07) is 3.65. The van der Waals surface area contributed by atoms with Gasteiger partial charge in [-0.05, 0) is 24.1 Å². The summed E-state index contributed by atoms with van der Waals surface area (Å²) in [6.45, 7) is 0.966. The van der Waals surface area contributed by atoms with Gasteiger partial charge in [0.05, 0.1) is 34.5 Å². The van der Waals surface area contributed by atoms with Crippen LogP contribution in [0.4, 0.5) is 8.78 Å². The SMILES string of the molecule is CC(F)(F)CC1CNC(=O)Cc2c1[nH]c1c(Cl)c(Cl)cc(CC#N)c21. The van der Waals surface area contributed by atoms with Crippen LogP contribution in [0.25, 0.3) is 10.9 Å². The fourth-order valence-corrected chi connectivity index (χ4v) is 3.83. The number of aromatic amines is 1. The number of H-pyrrole nitrogens is 1. The lowest BCUT2D eigenvalue weighted by atomic mass is 9.93. The van der Waals surface area contributed by atoms with Crippen molar-refractivity contribution >= 4 is 40.0 Å². The molecule has 0 radical (unpaired) electrons. The van der Waals surface area contributed by atoms with Crippen molar-refractivity contribution in [2.45, 2.75) is 38.0 Å². The lowest BCUT2D eigenvalue weighted by Crippen LogP contribution is -2.28. The van der Waals surface area contributed by atoms with Gasteiger partial charge < -0.3 is 10.3 Å². The van der Waals surface area contributed by atoms with E-state index in [-0.39, 0.29) is 35.3 Å². The number of hydrogen-bond donors (Lipinski definition) is 2. The zero-order valence-corrected chi connectivity index (χ0v) is 14.9. The number of nitriles is 1. The molecule has 25 heavy (non-hydrogen) atoms. The monoisotopic (exact) mass is 385 g/mol. The minimum Gasteiger partial charge on any atom is -0.357 e. The number of alkyl halides is 2. The third-order valence-corrected chi connectivity index (χ3v) is 5.14. The lowest BCUT2D eigenvalue weighted by molar-refractivity contribution is -0.120. The van der Waals surface area contributed by atoms with Crippen molar-refractivity contribution in [3.63, 3.8) is 0 Å². The molecule has 0 fully saturated rings. The summed E-state index contributed by atoms with van der Waals surface area (Å²) in [7, 11) is 0. The van der Waals surface area contributed by atoms with E-state index in [9.17, 15) is 13.6 Å². The molecule has 1 atom stereocenters. The van der Waals surface area contributed by atoms with Gasteiger partial charge in [-0.1, -0.05) is 23.2 Å². The number of amides is 1. The summed E-state index contributed by atoms with van der Waals surface area (Å²) >= 11 is 12.4. The number of halogens is 4. The highest BCUT2D eigenvalue weighted by Gasteiger charge is 2.34. The predicted octanol–water partition coefficient (Wildman–Crippen LogP) is 4.34. The van der Waals surface area contributed by atoms with Crippen molar-refractivity contribution in [2.24, 2.45) is 0 Å². The van der Waals surface area contributed by atoms with Gasteiger partial charge in [0.2, 0.25) is 11.8 Å². The molecular weight excluding hydrogens is 371 g/mol. The number of aromatic nitrogens is 1. The van der Waals surface area contributed by atoms with Crippen LogP contribution in [0.15, 0.2) is 6.07 Å². The smallest absolute Gasteiger partial charge is 0.246 e. The van der Waals surface area contributed by atoms with Crippen LogP contribution >= 0.6 is 23.2 Å². The van der Waals surface area contributed by atoms with Crippen molar-refractivity contribution in [3.05, 3.63) is 32.9 Å². The van der Waals surface area contributed by atoms with Gasteiger partial charge in [-0.2, -0.15) is 5.26 Å². The average molecular weight is 386 g/mol. The molecule has 3 rings (SSSR count). The Morgan fingerprint density at radius 1 is 1.44 bits per heavy atom. The summed E-state index contributed by atoms with van der Waals surface area (Å²) in [5.74, 6) is -3.72. The van der Waals surface area contributed by atoms with Crippen molar-refractivity contribution < 1.29 is 13.6 Å². The van der Waals surface area contributed by atoms with E-state index in [1.807, 2.05) is 0 Å². The number of carbonyl (C=O) groups excluding carboxylic acids is 1. The van der Waals surface area contributed by atoms with Crippen molar-refractivity contribution in [3.8, 4) is 6.07 Å². The number of nitrogens with zero attached hydrogens (tertiary/aromatic N) is 1. The highest BCUT2D eigenvalue weighted by Crippen LogP contribution is 2.41. The molecule has 0 saturated carbocycles. The number of benzene rings is 1. The molecule has 2 heterocycles. The van der Waals surface area contributed by atoms with Crippen LogP contribution in [0.3, 0.4) is 0 Å². The molecule has 1 aliphatic rings. The molecule has 1 aliphatic heterocycles. The van der Waals surface area contributed by atoms with Crippen LogP contribution in [0.1, 0.15) is 36.1 Å². The van der Waals surface area contributed by atoms with Crippen molar-refractivity contribution in [2.75, 3.05) is 6.54 Å². The van der Waals surface area contributed by atoms with Crippen LogP contribution in [0.2, 0.25) is 10.0 Å². The van der Waals surface area contributed by atoms with E-state index in [4.69, 9.17) is 28.5 Å². The van der Waals surface area contributed by atoms with Crippen molar-refractivity contribution in [1.29, 1.82) is 5.26 Å². The molecule has 1 aromatic heterocycles. The van der Waals surface area contributed by atoms with Crippen LogP contribution in [0, 0.1) is 11.3 Å². The Labute approximate surface area is 153 Å². The third kappa shape index (κ3) is 3.44. The fourth-order valence-electron chi connectivity index (χ4n) is 3.41. The summed E-state index contributed by atoms with van der Waals surface area (Å²) in [5.41, 5.74) is 2.28. The molecule has 1 aromatic carbocycles. The zero-order chi connectivity index (χ0) is 18.4. The Morgan fingerprint density at radius 3 is 2.80 bits per heavy atom. The summed E-state index contributed by atoms with van der Waals surface area (Å²) in [4.78, 5) is 15.2. The zero-order valence-electron chi connectivity index (χ0n) is 13.4. The largest absolute Gasteiger partial charge is 0.357 e. The molecule has 0 aliphatic carbocycles. The van der Waals surface area contributed by atoms with E-state index in [1.54, 1.807) is 6.07 Å². The standard InChI is InChI=1S/C17H15Cl2F2N3O/c1-17(20,21)6-9-7-23-12(25)5-10-13-8(2-3-22)4-11(18)14(19)16(13)24-15(9)10/h4,9,24H,2,5-7H2,1H3,(H,23,25). The highest BCUT2D eigenvalue weighted by molar-refractivity contribution is 6.45. The minimum absolute atomic E-state index is 0.0392. The summed E-state index contributed by atoms with van der Waals surface area (Å²) in [5, 5.41) is 12.9. The van der Waals surface area contributed by atoms with Gasteiger partial charge >= 0.3 is 0 Å². The maximum absolute atomic E-state index is 13.6. The Kier molecular flexibility index (Phi) is 4.65. The first-order valence-electron chi connectivity index (χ1n) is 7.74. The number of hydrogen-bond acceptors (Lipinski definition) is 2. The molecule has 2 N–H and O–H groups in total. The predicted molar refractivity (Wildman–Crippen MR) is 92.3 cm³/mol. The first-order chi connectivity index (χ1) is 11.7. The molecule has 132 valence electrons. The summed E-state index contributed by atoms with van der Waals surface area (Å²) < 4.78 is 27.2. The molecule has 0 spiro atoms. The molecule has 1 amide bonds. The number of rotatable bonds is 3. The molecule has 4 nitrogen and oxygen atoms in total. The van der Waals surface area contributed by atoms with E-state index in [2.05, 4.69) is 16.4 Å². The van der Waals surface area contributed by atoms with E-state index in [1.165, 1.54) is 0 Å². The van der Waals surface area contributed by atoms with Crippen LogP contribution in [-0.2, 0) is 17.6 Å². The van der Waals surface area contributed by atoms with Crippen LogP contribution in [0.5, 0.6) is 0 Å².